The molecule has 0 aliphatic heterocycles. The molecule has 0 aliphatic rings. The number of phenolic OH excluding ortho intramolecular Hbond substituents is 1. The highest BCUT2D eigenvalue weighted by molar-refractivity contribution is 5.86. The summed E-state index contributed by atoms with van der Waals surface area (Å²) >= 11 is 0. The summed E-state index contributed by atoms with van der Waals surface area (Å²) in [5, 5.41) is 16.6. The predicted octanol–water partition coefficient (Wildman–Crippen LogP) is 6.52. The van der Waals surface area contributed by atoms with E-state index < -0.39 is 11.4 Å². The molecule has 2 N–H and O–H groups in total. The Bertz CT molecular complexity index is 1410. The van der Waals surface area contributed by atoms with Gasteiger partial charge in [-0.3, -0.25) is 4.79 Å². The molecule has 1 atom stereocenters. The van der Waals surface area contributed by atoms with E-state index >= 15 is 0 Å². The Morgan fingerprint density at radius 2 is 1.67 bits per heavy atom. The molecule has 4 nitrogen and oxygen atoms in total. The summed E-state index contributed by atoms with van der Waals surface area (Å²) in [7, 11) is 0. The molecule has 0 spiro atoms. The van der Waals surface area contributed by atoms with Gasteiger partial charge < -0.3 is 15.2 Å². The minimum absolute atomic E-state index is 0.0908. The summed E-state index contributed by atoms with van der Waals surface area (Å²) in [6, 6.07) is 29.8. The third-order valence-corrected chi connectivity index (χ3v) is 6.20. The first-order valence-corrected chi connectivity index (χ1v) is 12.1. The minimum Gasteiger partial charge on any atom is -0.507 e. The van der Waals surface area contributed by atoms with Crippen molar-refractivity contribution in [3.63, 3.8) is 0 Å². The van der Waals surface area contributed by atoms with Gasteiger partial charge in [0.2, 0.25) is 0 Å². The van der Waals surface area contributed by atoms with Gasteiger partial charge >= 0.3 is 5.97 Å². The number of carbonyl (C=O) groups excluding carboxylic acids is 1. The summed E-state index contributed by atoms with van der Waals surface area (Å²) in [5.41, 5.74) is 2.58. The molecule has 0 aliphatic carbocycles. The fourth-order valence-electron chi connectivity index (χ4n) is 3.98. The average Bonchev–Trinajstić information content (AvgIpc) is 2.90. The van der Waals surface area contributed by atoms with E-state index in [1.165, 1.54) is 16.3 Å². The Kier molecular flexibility index (Phi) is 7.73. The summed E-state index contributed by atoms with van der Waals surface area (Å²) in [5.74, 6) is 5.60. The number of aromatic hydroxyl groups is 1. The summed E-state index contributed by atoms with van der Waals surface area (Å²) in [4.78, 5) is 12.6. The normalized spacial score (nSPS) is 12.0. The number of benzene rings is 4. The Morgan fingerprint density at radius 1 is 0.944 bits per heavy atom. The van der Waals surface area contributed by atoms with Crippen LogP contribution in [-0.4, -0.2) is 11.1 Å². The molecule has 0 amide bonds. The number of ether oxygens (including phenoxy) is 1. The lowest BCUT2D eigenvalue weighted by Gasteiger charge is -2.17. The van der Waals surface area contributed by atoms with Crippen molar-refractivity contribution in [2.24, 2.45) is 5.41 Å². The van der Waals surface area contributed by atoms with E-state index in [1.807, 2.05) is 42.5 Å². The van der Waals surface area contributed by atoms with Crippen LogP contribution < -0.4 is 5.32 Å². The molecule has 0 unspecified atom stereocenters. The maximum Gasteiger partial charge on any atom is 0.324 e. The van der Waals surface area contributed by atoms with Crippen LogP contribution in [0.5, 0.6) is 5.75 Å². The van der Waals surface area contributed by atoms with Crippen molar-refractivity contribution in [1.29, 1.82) is 0 Å². The fourth-order valence-corrected chi connectivity index (χ4v) is 3.98. The van der Waals surface area contributed by atoms with Crippen molar-refractivity contribution in [1.82, 2.24) is 5.32 Å². The van der Waals surface area contributed by atoms with Gasteiger partial charge in [-0.25, -0.2) is 0 Å². The number of carbonyl (C=O) groups is 1. The second kappa shape index (κ2) is 11.1. The van der Waals surface area contributed by atoms with Crippen molar-refractivity contribution in [3.05, 3.63) is 113 Å². The number of nitrogens with one attached hydrogen (secondary N) is 1. The van der Waals surface area contributed by atoms with E-state index in [4.69, 9.17) is 4.74 Å². The van der Waals surface area contributed by atoms with Crippen LogP contribution in [0.3, 0.4) is 0 Å². The largest absolute Gasteiger partial charge is 0.507 e. The zero-order valence-electron chi connectivity index (χ0n) is 20.9. The molecular weight excluding hydrogens is 446 g/mol. The topological polar surface area (TPSA) is 58.6 Å². The van der Waals surface area contributed by atoms with Crippen molar-refractivity contribution >= 4 is 16.7 Å². The van der Waals surface area contributed by atoms with E-state index in [1.54, 1.807) is 26.0 Å². The third kappa shape index (κ3) is 6.13. The van der Waals surface area contributed by atoms with Crippen LogP contribution in [0.1, 0.15) is 49.1 Å². The summed E-state index contributed by atoms with van der Waals surface area (Å²) < 4.78 is 5.44. The highest BCUT2D eigenvalue weighted by Gasteiger charge is 2.27. The zero-order chi connectivity index (χ0) is 25.5. The van der Waals surface area contributed by atoms with Crippen LogP contribution in [0.25, 0.3) is 10.8 Å². The molecule has 4 aromatic rings. The molecule has 0 heterocycles. The van der Waals surface area contributed by atoms with Gasteiger partial charge in [0.15, 0.2) is 0 Å². The van der Waals surface area contributed by atoms with Crippen LogP contribution in [-0.2, 0) is 22.7 Å². The van der Waals surface area contributed by atoms with Crippen LogP contribution in [0, 0.1) is 17.3 Å². The number of hydrogen-bond donors (Lipinski definition) is 2. The van der Waals surface area contributed by atoms with Gasteiger partial charge in [0.1, 0.15) is 17.8 Å². The summed E-state index contributed by atoms with van der Waals surface area (Å²) in [6.45, 7) is 6.38. The molecule has 0 saturated heterocycles. The molecular formula is C32H31NO3. The maximum absolute atomic E-state index is 12.6. The van der Waals surface area contributed by atoms with Gasteiger partial charge in [0.25, 0.3) is 0 Å². The van der Waals surface area contributed by atoms with E-state index in [0.29, 0.717) is 12.1 Å². The van der Waals surface area contributed by atoms with E-state index in [-0.39, 0.29) is 18.4 Å². The maximum atomic E-state index is 12.6. The lowest BCUT2D eigenvalue weighted by atomic mass is 9.94. The Morgan fingerprint density at radius 3 is 2.44 bits per heavy atom. The monoisotopic (exact) mass is 477 g/mol. The van der Waals surface area contributed by atoms with Crippen LogP contribution in [0.4, 0.5) is 0 Å². The first-order valence-electron chi connectivity index (χ1n) is 12.1. The molecule has 4 aromatic carbocycles. The molecule has 0 bridgehead atoms. The molecule has 0 fully saturated rings. The SMILES string of the molecule is C[C@@H](NCc1ccc(C#CC(C)(C)C(=O)OCc2ccccc2)c(O)c1)c1cccc2ccccc12. The van der Waals surface area contributed by atoms with E-state index in [2.05, 4.69) is 60.5 Å². The second-order valence-corrected chi connectivity index (χ2v) is 9.46. The second-order valence-electron chi connectivity index (χ2n) is 9.46. The van der Waals surface area contributed by atoms with Crippen LogP contribution in [0.15, 0.2) is 91.0 Å². The minimum atomic E-state index is -1.00. The number of phenols is 1. The molecule has 0 aromatic heterocycles. The summed E-state index contributed by atoms with van der Waals surface area (Å²) in [6.07, 6.45) is 0. The van der Waals surface area contributed by atoms with Gasteiger partial charge in [0, 0.05) is 12.6 Å². The van der Waals surface area contributed by atoms with Gasteiger partial charge in [-0.15, -0.1) is 0 Å². The van der Waals surface area contributed by atoms with Crippen LogP contribution >= 0.6 is 0 Å². The Hall–Kier alpha value is -4.07. The first-order chi connectivity index (χ1) is 17.3. The van der Waals surface area contributed by atoms with Crippen molar-refractivity contribution < 1.29 is 14.6 Å². The predicted molar refractivity (Wildman–Crippen MR) is 144 cm³/mol. The molecule has 182 valence electrons. The van der Waals surface area contributed by atoms with Crippen molar-refractivity contribution in [2.75, 3.05) is 0 Å². The van der Waals surface area contributed by atoms with Crippen molar-refractivity contribution in [2.45, 2.75) is 40.0 Å². The van der Waals surface area contributed by atoms with Gasteiger partial charge in [-0.05, 0) is 60.4 Å². The highest BCUT2D eigenvalue weighted by atomic mass is 16.5. The lowest BCUT2D eigenvalue weighted by molar-refractivity contribution is -0.152. The fraction of sp³-hybridized carbons (Fsp3) is 0.219. The number of esters is 1. The molecule has 4 heteroatoms. The van der Waals surface area contributed by atoms with Crippen LogP contribution in [0.2, 0.25) is 0 Å². The third-order valence-electron chi connectivity index (χ3n) is 6.20. The molecule has 36 heavy (non-hydrogen) atoms. The standard InChI is InChI=1S/C32H31NO3/c1-23(28-15-9-13-26-12-7-8-14-29(26)28)33-21-25-16-17-27(30(34)20-25)18-19-32(2,3)31(35)36-22-24-10-5-4-6-11-24/h4-17,20,23,33-34H,21-22H2,1-3H3/t23-/m1/s1. The number of hydrogen-bond acceptors (Lipinski definition) is 4. The Balaban J connectivity index is 1.38. The average molecular weight is 478 g/mol. The lowest BCUT2D eigenvalue weighted by Crippen LogP contribution is -2.24. The molecule has 0 saturated carbocycles. The van der Waals surface area contributed by atoms with Gasteiger partial charge in [-0.2, -0.15) is 0 Å². The Labute approximate surface area is 212 Å². The number of fused-ring (bicyclic) bond motifs is 1. The van der Waals surface area contributed by atoms with Gasteiger partial charge in [-0.1, -0.05) is 90.7 Å². The smallest absolute Gasteiger partial charge is 0.324 e. The van der Waals surface area contributed by atoms with E-state index in [9.17, 15) is 9.90 Å². The highest BCUT2D eigenvalue weighted by Crippen LogP contribution is 2.25. The molecule has 4 rings (SSSR count). The molecule has 0 radical (unpaired) electrons. The number of rotatable bonds is 7. The van der Waals surface area contributed by atoms with Crippen molar-refractivity contribution in [3.8, 4) is 17.6 Å². The quantitative estimate of drug-likeness (QED) is 0.235. The van der Waals surface area contributed by atoms with Gasteiger partial charge in [0.05, 0.1) is 5.56 Å². The van der Waals surface area contributed by atoms with E-state index in [0.717, 1.165) is 11.1 Å². The zero-order valence-corrected chi connectivity index (χ0v) is 20.9. The first kappa shape index (κ1) is 25.0.